The van der Waals surface area contributed by atoms with Crippen LogP contribution in [0.15, 0.2) is 23.1 Å². The second-order valence-electron chi connectivity index (χ2n) is 5.57. The summed E-state index contributed by atoms with van der Waals surface area (Å²) in [6.07, 6.45) is 0. The molecule has 1 aromatic carbocycles. The van der Waals surface area contributed by atoms with Crippen molar-refractivity contribution in [1.82, 2.24) is 4.72 Å². The molecule has 0 radical (unpaired) electrons. The van der Waals surface area contributed by atoms with Gasteiger partial charge in [-0.15, -0.1) is 0 Å². The van der Waals surface area contributed by atoms with E-state index in [1.54, 1.807) is 7.05 Å². The maximum atomic E-state index is 12.2. The van der Waals surface area contributed by atoms with E-state index in [2.05, 4.69) is 10.0 Å². The van der Waals surface area contributed by atoms with E-state index in [0.717, 1.165) is 0 Å². The van der Waals surface area contributed by atoms with Crippen LogP contribution >= 0.6 is 0 Å². The summed E-state index contributed by atoms with van der Waals surface area (Å²) in [6.45, 7) is 5.80. The second kappa shape index (κ2) is 5.76. The van der Waals surface area contributed by atoms with Gasteiger partial charge in [0.2, 0.25) is 10.0 Å². The predicted molar refractivity (Wildman–Crippen MR) is 77.3 cm³/mol. The van der Waals surface area contributed by atoms with Crippen LogP contribution in [0.25, 0.3) is 0 Å². The Hall–Kier alpha value is -1.67. The van der Waals surface area contributed by atoms with Crippen molar-refractivity contribution in [2.45, 2.75) is 25.7 Å². The normalized spacial score (nSPS) is 12.2. The third kappa shape index (κ3) is 4.17. The van der Waals surface area contributed by atoms with E-state index in [9.17, 15) is 18.5 Å². The van der Waals surface area contributed by atoms with Gasteiger partial charge in [-0.2, -0.15) is 0 Å². The molecule has 20 heavy (non-hydrogen) atoms. The molecular weight excluding hydrogens is 282 g/mol. The quantitative estimate of drug-likeness (QED) is 0.639. The number of nitro groups is 1. The second-order valence-corrected chi connectivity index (χ2v) is 7.31. The molecule has 0 fully saturated rings. The van der Waals surface area contributed by atoms with E-state index in [0.29, 0.717) is 5.69 Å². The average molecular weight is 301 g/mol. The molecule has 7 nitrogen and oxygen atoms in total. The highest BCUT2D eigenvalue weighted by Crippen LogP contribution is 2.27. The topological polar surface area (TPSA) is 101 Å². The lowest BCUT2D eigenvalue weighted by Gasteiger charge is -2.18. The first kappa shape index (κ1) is 16.4. The van der Waals surface area contributed by atoms with Crippen LogP contribution in [0, 0.1) is 15.5 Å². The molecule has 0 spiro atoms. The first-order chi connectivity index (χ1) is 9.07. The van der Waals surface area contributed by atoms with E-state index < -0.39 is 20.6 Å². The number of nitrogens with zero attached hydrogens (tertiary/aromatic N) is 1. The van der Waals surface area contributed by atoms with Gasteiger partial charge in [0.05, 0.1) is 4.92 Å². The van der Waals surface area contributed by atoms with E-state index in [1.807, 2.05) is 20.8 Å². The van der Waals surface area contributed by atoms with Crippen molar-refractivity contribution < 1.29 is 13.3 Å². The lowest BCUT2D eigenvalue weighted by atomic mass is 9.98. The van der Waals surface area contributed by atoms with E-state index in [4.69, 9.17) is 0 Å². The maximum Gasteiger partial charge on any atom is 0.291 e. The van der Waals surface area contributed by atoms with Crippen molar-refractivity contribution in [2.75, 3.05) is 18.9 Å². The molecule has 1 aromatic rings. The Morgan fingerprint density at radius 2 is 1.90 bits per heavy atom. The summed E-state index contributed by atoms with van der Waals surface area (Å²) in [7, 11) is -2.31. The van der Waals surface area contributed by atoms with Gasteiger partial charge in [0.25, 0.3) is 5.69 Å². The zero-order valence-corrected chi connectivity index (χ0v) is 12.7. The highest BCUT2D eigenvalue weighted by Gasteiger charge is 2.27. The van der Waals surface area contributed by atoms with Crippen LogP contribution in [-0.4, -0.2) is 26.9 Å². The van der Waals surface area contributed by atoms with Crippen molar-refractivity contribution >= 4 is 21.4 Å². The number of benzene rings is 1. The van der Waals surface area contributed by atoms with Gasteiger partial charge in [-0.25, -0.2) is 13.1 Å². The summed E-state index contributed by atoms with van der Waals surface area (Å²) in [5.74, 6) is 0. The summed E-state index contributed by atoms with van der Waals surface area (Å²) >= 11 is 0. The molecular formula is C12H19N3O4S. The minimum atomic E-state index is -3.91. The molecule has 0 heterocycles. The van der Waals surface area contributed by atoms with Crippen LogP contribution in [-0.2, 0) is 10.0 Å². The molecule has 0 unspecified atom stereocenters. The molecule has 0 amide bonds. The van der Waals surface area contributed by atoms with Gasteiger partial charge < -0.3 is 5.32 Å². The minimum Gasteiger partial charge on any atom is -0.388 e. The van der Waals surface area contributed by atoms with Crippen LogP contribution in [0.1, 0.15) is 20.8 Å². The summed E-state index contributed by atoms with van der Waals surface area (Å²) in [5, 5.41) is 13.8. The molecule has 0 saturated carbocycles. The standard InChI is InChI=1S/C12H19N3O4S/c1-12(2,3)8-14-20(18,19)11-6-5-9(13-4)7-10(11)15(16)17/h5-7,13-14H,8H2,1-4H3. The van der Waals surface area contributed by atoms with Gasteiger partial charge in [-0.1, -0.05) is 20.8 Å². The molecule has 1 rings (SSSR count). The number of nitro benzene ring substituents is 1. The minimum absolute atomic E-state index is 0.195. The van der Waals surface area contributed by atoms with Gasteiger partial charge in [-0.3, -0.25) is 10.1 Å². The first-order valence-electron chi connectivity index (χ1n) is 6.03. The zero-order chi connectivity index (χ0) is 15.6. The van der Waals surface area contributed by atoms with Gasteiger partial charge in [-0.05, 0) is 17.5 Å². The van der Waals surface area contributed by atoms with E-state index in [-0.39, 0.29) is 16.9 Å². The Morgan fingerprint density at radius 3 is 2.35 bits per heavy atom. The third-order valence-electron chi connectivity index (χ3n) is 2.53. The summed E-state index contributed by atoms with van der Waals surface area (Å²) in [5.41, 5.74) is -0.225. The maximum absolute atomic E-state index is 12.2. The van der Waals surface area contributed by atoms with Crippen molar-refractivity contribution in [3.8, 4) is 0 Å². The number of anilines is 1. The lowest BCUT2D eigenvalue weighted by Crippen LogP contribution is -2.32. The highest BCUT2D eigenvalue weighted by atomic mass is 32.2. The molecule has 0 aliphatic carbocycles. The average Bonchev–Trinajstić information content (AvgIpc) is 2.35. The molecule has 0 aromatic heterocycles. The molecule has 0 aliphatic heterocycles. The molecule has 112 valence electrons. The number of nitrogens with one attached hydrogen (secondary N) is 2. The summed E-state index contributed by atoms with van der Waals surface area (Å²) < 4.78 is 26.7. The van der Waals surface area contributed by atoms with Gasteiger partial charge in [0.15, 0.2) is 4.90 Å². The Labute approximate surface area is 118 Å². The zero-order valence-electron chi connectivity index (χ0n) is 11.9. The number of hydrogen-bond donors (Lipinski definition) is 2. The van der Waals surface area contributed by atoms with Gasteiger partial charge in [0.1, 0.15) is 0 Å². The highest BCUT2D eigenvalue weighted by molar-refractivity contribution is 7.89. The van der Waals surface area contributed by atoms with Crippen LogP contribution < -0.4 is 10.0 Å². The SMILES string of the molecule is CNc1ccc(S(=O)(=O)NCC(C)(C)C)c([N+](=O)[O-])c1. The first-order valence-corrected chi connectivity index (χ1v) is 7.51. The Morgan fingerprint density at radius 1 is 1.30 bits per heavy atom. The Kier molecular flexibility index (Phi) is 4.72. The molecule has 0 bridgehead atoms. The van der Waals surface area contributed by atoms with Crippen LogP contribution in [0.5, 0.6) is 0 Å². The fourth-order valence-electron chi connectivity index (χ4n) is 1.43. The van der Waals surface area contributed by atoms with Crippen molar-refractivity contribution in [3.05, 3.63) is 28.3 Å². The smallest absolute Gasteiger partial charge is 0.291 e. The van der Waals surface area contributed by atoms with Crippen molar-refractivity contribution in [3.63, 3.8) is 0 Å². The Balaban J connectivity index is 3.21. The van der Waals surface area contributed by atoms with Gasteiger partial charge in [0, 0.05) is 25.3 Å². The number of hydrogen-bond acceptors (Lipinski definition) is 5. The summed E-state index contributed by atoms with van der Waals surface area (Å²) in [4.78, 5) is 9.99. The van der Waals surface area contributed by atoms with Gasteiger partial charge >= 0.3 is 0 Å². The molecule has 0 atom stereocenters. The largest absolute Gasteiger partial charge is 0.388 e. The van der Waals surface area contributed by atoms with Crippen molar-refractivity contribution in [2.24, 2.45) is 5.41 Å². The summed E-state index contributed by atoms with van der Waals surface area (Å²) in [6, 6.07) is 3.92. The van der Waals surface area contributed by atoms with Crippen LogP contribution in [0.3, 0.4) is 0 Å². The van der Waals surface area contributed by atoms with Crippen LogP contribution in [0.4, 0.5) is 11.4 Å². The fourth-order valence-corrected chi connectivity index (χ4v) is 2.87. The molecule has 0 saturated heterocycles. The lowest BCUT2D eigenvalue weighted by molar-refractivity contribution is -0.387. The molecule has 2 N–H and O–H groups in total. The molecule has 0 aliphatic rings. The number of sulfonamides is 1. The third-order valence-corrected chi connectivity index (χ3v) is 3.97. The predicted octanol–water partition coefficient (Wildman–Crippen LogP) is 1.96. The van der Waals surface area contributed by atoms with Crippen molar-refractivity contribution in [1.29, 1.82) is 0 Å². The Bertz CT molecular complexity index is 606. The van der Waals surface area contributed by atoms with E-state index >= 15 is 0 Å². The number of rotatable bonds is 5. The monoisotopic (exact) mass is 301 g/mol. The molecule has 8 heteroatoms. The van der Waals surface area contributed by atoms with Crippen LogP contribution in [0.2, 0.25) is 0 Å². The fraction of sp³-hybridized carbons (Fsp3) is 0.500. The van der Waals surface area contributed by atoms with E-state index in [1.165, 1.54) is 18.2 Å².